The molecule has 0 amide bonds. The van der Waals surface area contributed by atoms with E-state index in [1.54, 1.807) is 0 Å². The zero-order valence-electron chi connectivity index (χ0n) is 60.9. The van der Waals surface area contributed by atoms with Crippen molar-refractivity contribution in [3.8, 4) is 101 Å². The normalized spacial score (nSPS) is 15.0. The van der Waals surface area contributed by atoms with Gasteiger partial charge in [0.25, 0.3) is 0 Å². The van der Waals surface area contributed by atoms with Gasteiger partial charge < -0.3 is 23.8 Å². The Morgan fingerprint density at radius 3 is 0.990 bits per heavy atom. The standard InChI is InChI=1S/C99H82N3O2.Ir/c1-97(2,3)69-47-50-100-88(59-69)63-41-44-78(85(56-63)62-25-11-10-12-26-62)75-30-16-13-27-72(75)66-53-67(73-28-14-17-31-76(73)79-45-42-64(89-60-70(48-51-101-89)98(4,5)6)57-86(79)81-35-23-39-93-95(81)83-33-19-21-37-91(83)103-93)55-68(54-66)74-29-15-18-32-77(74)80-46-43-65(90-61-71(49-52-102-90)99(7,8)9)58-87(80)82-36-24-40-94-96(82)84-34-20-22-38-92(84)104-94;/h10-40,44-52,56-61,66-68H,53-55H2,1-9H3;/q-3;+3. The van der Waals surface area contributed by atoms with Crippen LogP contribution in [0.4, 0.5) is 0 Å². The van der Waals surface area contributed by atoms with Crippen LogP contribution >= 0.6 is 0 Å². The molecule has 1 aliphatic rings. The smallest absolute Gasteiger partial charge is 0.456 e. The van der Waals surface area contributed by atoms with Gasteiger partial charge >= 0.3 is 20.1 Å². The molecule has 105 heavy (non-hydrogen) atoms. The number of furan rings is 2. The zero-order chi connectivity index (χ0) is 71.0. The average Bonchev–Trinajstić information content (AvgIpc) is 1.72. The van der Waals surface area contributed by atoms with Gasteiger partial charge in [-0.25, -0.2) is 0 Å². The SMILES string of the molecule is CC(C)(C)c1ccnc(-c2[c-]cc(-c3ccccc3C3CC(c4ccccc4-c4c[c-]c(-c5cc(C(C)(C)C)ccn5)cc4-c4cccc5oc6ccccc6c45)CC(c4ccccc4-c4c[c-]c(-c5cc(C(C)(C)C)ccn5)cc4-c4cccc5oc6ccccc6c45)C3)c(-c3ccccc3)c2)c1.[Ir+3]. The molecule has 1 aliphatic carbocycles. The van der Waals surface area contributed by atoms with Crippen molar-refractivity contribution >= 4 is 43.9 Å². The first-order valence-corrected chi connectivity index (χ1v) is 36.7. The van der Waals surface area contributed by atoms with Gasteiger partial charge in [-0.3, -0.25) is 0 Å². The maximum absolute atomic E-state index is 6.68. The molecule has 17 rings (SSSR count). The van der Waals surface area contributed by atoms with E-state index in [0.29, 0.717) is 0 Å². The van der Waals surface area contributed by atoms with Crippen LogP contribution in [-0.4, -0.2) is 15.0 Å². The van der Waals surface area contributed by atoms with E-state index in [-0.39, 0.29) is 54.1 Å². The van der Waals surface area contributed by atoms with Gasteiger partial charge in [0.15, 0.2) is 0 Å². The summed E-state index contributed by atoms with van der Waals surface area (Å²) in [5, 5.41) is 4.35. The monoisotopic (exact) mass is 1540 g/mol. The Hall–Kier alpha value is -10.9. The molecule has 5 nitrogen and oxygen atoms in total. The molecule has 0 spiro atoms. The number of para-hydroxylation sites is 2. The molecule has 1 saturated carbocycles. The molecule has 16 aromatic rings. The number of benzene rings is 11. The zero-order valence-corrected chi connectivity index (χ0v) is 63.3. The van der Waals surface area contributed by atoms with Crippen molar-refractivity contribution < 1.29 is 28.9 Å². The van der Waals surface area contributed by atoms with Gasteiger partial charge in [0.05, 0.1) is 0 Å². The summed E-state index contributed by atoms with van der Waals surface area (Å²) in [6, 6.07) is 107. The molecule has 0 N–H and O–H groups in total. The third-order valence-corrected chi connectivity index (χ3v) is 21.8. The fourth-order valence-corrected chi connectivity index (χ4v) is 16.4. The third kappa shape index (κ3) is 13.1. The van der Waals surface area contributed by atoms with Gasteiger partial charge in [0.1, 0.15) is 22.3 Å². The van der Waals surface area contributed by atoms with E-state index in [2.05, 4.69) is 341 Å². The first kappa shape index (κ1) is 68.5. The van der Waals surface area contributed by atoms with Crippen LogP contribution in [0.5, 0.6) is 0 Å². The molecule has 0 aliphatic heterocycles. The Kier molecular flexibility index (Phi) is 18.0. The second kappa shape index (κ2) is 27.6. The number of hydrogen-bond acceptors (Lipinski definition) is 5. The second-order valence-electron chi connectivity index (χ2n) is 31.5. The molecule has 2 unspecified atom stereocenters. The summed E-state index contributed by atoms with van der Waals surface area (Å²) in [4.78, 5) is 15.1. The molecule has 0 radical (unpaired) electrons. The average molecular weight is 1540 g/mol. The quantitative estimate of drug-likeness (QED) is 0.114. The van der Waals surface area contributed by atoms with Crippen molar-refractivity contribution in [1.29, 1.82) is 0 Å². The molecule has 514 valence electrons. The fraction of sp³-hybridized carbons (Fsp3) is 0.182. The largest absolute Gasteiger partial charge is 3.00 e. The molecule has 5 aromatic heterocycles. The van der Waals surface area contributed by atoms with Crippen molar-refractivity contribution in [2.24, 2.45) is 0 Å². The summed E-state index contributed by atoms with van der Waals surface area (Å²) in [5.41, 5.74) is 30.1. The Bertz CT molecular complexity index is 5680. The van der Waals surface area contributed by atoms with E-state index in [0.717, 1.165) is 147 Å². The molecule has 11 aromatic carbocycles. The fourth-order valence-electron chi connectivity index (χ4n) is 16.4. The second-order valence-corrected chi connectivity index (χ2v) is 31.5. The molecule has 0 bridgehead atoms. The van der Waals surface area contributed by atoms with Crippen molar-refractivity contribution in [3.05, 3.63) is 331 Å². The Morgan fingerprint density at radius 2 is 0.610 bits per heavy atom. The van der Waals surface area contributed by atoms with Gasteiger partial charge in [0, 0.05) is 40.1 Å². The minimum absolute atomic E-state index is 0. The summed E-state index contributed by atoms with van der Waals surface area (Å²) in [6.07, 6.45) is 8.56. The van der Waals surface area contributed by atoms with Crippen molar-refractivity contribution in [1.82, 2.24) is 15.0 Å². The predicted octanol–water partition coefficient (Wildman–Crippen LogP) is 26.8. The van der Waals surface area contributed by atoms with Gasteiger partial charge in [-0.1, -0.05) is 294 Å². The van der Waals surface area contributed by atoms with E-state index in [4.69, 9.17) is 23.8 Å². The topological polar surface area (TPSA) is 65.0 Å². The third-order valence-electron chi connectivity index (χ3n) is 21.8. The van der Waals surface area contributed by atoms with E-state index >= 15 is 0 Å². The van der Waals surface area contributed by atoms with Crippen LogP contribution in [0.3, 0.4) is 0 Å². The molecular weight excluding hydrogens is 1460 g/mol. The molecular formula is C99H82IrN3O2. The Balaban J connectivity index is 0.00000847. The minimum atomic E-state index is -0.0754. The van der Waals surface area contributed by atoms with E-state index < -0.39 is 0 Å². The first-order valence-electron chi connectivity index (χ1n) is 36.7. The van der Waals surface area contributed by atoms with E-state index in [1.807, 2.05) is 18.6 Å². The number of fused-ring (bicyclic) bond motifs is 6. The van der Waals surface area contributed by atoms with Crippen LogP contribution in [0.1, 0.15) is 133 Å². The van der Waals surface area contributed by atoms with Crippen LogP contribution in [0.25, 0.3) is 144 Å². The maximum Gasteiger partial charge on any atom is 3.00 e. The van der Waals surface area contributed by atoms with Crippen LogP contribution in [0.2, 0.25) is 0 Å². The number of rotatable bonds is 12. The molecule has 2 atom stereocenters. The van der Waals surface area contributed by atoms with Crippen LogP contribution in [0, 0.1) is 18.2 Å². The van der Waals surface area contributed by atoms with Gasteiger partial charge in [-0.05, 0) is 163 Å². The summed E-state index contributed by atoms with van der Waals surface area (Å²) in [5.74, 6) is 0.276. The van der Waals surface area contributed by atoms with Crippen LogP contribution in [-0.2, 0) is 36.4 Å². The van der Waals surface area contributed by atoms with E-state index in [1.165, 1.54) is 50.1 Å². The minimum Gasteiger partial charge on any atom is -0.456 e. The Morgan fingerprint density at radius 1 is 0.295 bits per heavy atom. The van der Waals surface area contributed by atoms with Crippen molar-refractivity contribution in [2.75, 3.05) is 0 Å². The number of nitrogens with zero attached hydrogens (tertiary/aromatic N) is 3. The number of pyridine rings is 3. The van der Waals surface area contributed by atoms with Gasteiger partial charge in [-0.15, -0.1) is 71.3 Å². The first-order chi connectivity index (χ1) is 50.4. The molecule has 1 fully saturated rings. The van der Waals surface area contributed by atoms with Crippen molar-refractivity contribution in [2.45, 2.75) is 116 Å². The summed E-state index contributed by atoms with van der Waals surface area (Å²) in [6.45, 7) is 20.3. The van der Waals surface area contributed by atoms with Crippen LogP contribution in [0.15, 0.2) is 288 Å². The molecule has 0 saturated heterocycles. The Labute approximate surface area is 630 Å². The molecule has 6 heteroatoms. The van der Waals surface area contributed by atoms with Crippen LogP contribution < -0.4 is 0 Å². The number of hydrogen-bond donors (Lipinski definition) is 0. The summed E-state index contributed by atoms with van der Waals surface area (Å²) in [7, 11) is 0. The maximum atomic E-state index is 6.68. The van der Waals surface area contributed by atoms with Crippen molar-refractivity contribution in [3.63, 3.8) is 0 Å². The van der Waals surface area contributed by atoms with E-state index in [9.17, 15) is 0 Å². The summed E-state index contributed by atoms with van der Waals surface area (Å²) >= 11 is 0. The predicted molar refractivity (Wildman–Crippen MR) is 431 cm³/mol. The van der Waals surface area contributed by atoms with Gasteiger partial charge in [-0.2, -0.15) is 0 Å². The van der Waals surface area contributed by atoms with Gasteiger partial charge in [0.2, 0.25) is 0 Å². The molecule has 5 heterocycles. The number of aromatic nitrogens is 3. The summed E-state index contributed by atoms with van der Waals surface area (Å²) < 4.78 is 13.4.